The summed E-state index contributed by atoms with van der Waals surface area (Å²) in [5.74, 6) is 0. The van der Waals surface area contributed by atoms with Crippen molar-refractivity contribution in [3.8, 4) is 0 Å². The van der Waals surface area contributed by atoms with Crippen LogP contribution in [0.25, 0.3) is 0 Å². The molecular weight excluding hydrogens is 242 g/mol. The summed E-state index contributed by atoms with van der Waals surface area (Å²) in [5.41, 5.74) is 0. The van der Waals surface area contributed by atoms with Gasteiger partial charge in [-0.25, -0.2) is 4.98 Å². The van der Waals surface area contributed by atoms with Gasteiger partial charge in [-0.3, -0.25) is 0 Å². The minimum absolute atomic E-state index is 0.508. The number of nitrogens with zero attached hydrogens (tertiary/aromatic N) is 1. The Balaban J connectivity index is 2.53. The topological polar surface area (TPSA) is 45.1 Å². The number of halogens is 3. The second kappa shape index (κ2) is 3.98. The van der Waals surface area contributed by atoms with Gasteiger partial charge in [-0.1, -0.05) is 34.8 Å². The highest BCUT2D eigenvalue weighted by Crippen LogP contribution is 2.31. The normalized spacial score (nSPS) is 14.3. The molecule has 1 atom stereocenters. The first-order valence-electron chi connectivity index (χ1n) is 2.91. The van der Waals surface area contributed by atoms with Crippen LogP contribution in [0, 0.1) is 0 Å². The lowest BCUT2D eigenvalue weighted by molar-refractivity contribution is 0.208. The van der Waals surface area contributed by atoms with Gasteiger partial charge in [-0.05, 0) is 0 Å². The van der Waals surface area contributed by atoms with E-state index in [-0.39, 0.29) is 0 Å². The number of aliphatic hydroxyl groups excluding tert-OH is 1. The van der Waals surface area contributed by atoms with Crippen LogP contribution in [-0.4, -0.2) is 20.1 Å². The molecule has 3 nitrogen and oxygen atoms in total. The van der Waals surface area contributed by atoms with Crippen LogP contribution in [0.4, 0.5) is 5.13 Å². The summed E-state index contributed by atoms with van der Waals surface area (Å²) in [4.78, 5) is 3.84. The SMILES string of the molecule is O[C@H](Nc1nccs1)C(Cl)(Cl)Cl. The molecule has 1 rings (SSSR count). The Bertz CT molecular complexity index is 235. The van der Waals surface area contributed by atoms with Crippen LogP contribution in [0.1, 0.15) is 0 Å². The fourth-order valence-electron chi connectivity index (χ4n) is 0.494. The van der Waals surface area contributed by atoms with Gasteiger partial charge >= 0.3 is 0 Å². The number of nitrogens with one attached hydrogen (secondary N) is 1. The zero-order valence-electron chi connectivity index (χ0n) is 5.67. The third kappa shape index (κ3) is 2.95. The Morgan fingerprint density at radius 1 is 1.58 bits per heavy atom. The summed E-state index contributed by atoms with van der Waals surface area (Å²) in [6.07, 6.45) is 0.326. The number of aliphatic hydroxyl groups is 1. The van der Waals surface area contributed by atoms with Crippen molar-refractivity contribution in [1.29, 1.82) is 0 Å². The molecule has 0 unspecified atom stereocenters. The van der Waals surface area contributed by atoms with E-state index in [9.17, 15) is 5.11 Å². The van der Waals surface area contributed by atoms with Gasteiger partial charge in [-0.2, -0.15) is 0 Å². The van der Waals surface area contributed by atoms with Gasteiger partial charge in [-0.15, -0.1) is 11.3 Å². The average Bonchev–Trinajstić information content (AvgIpc) is 2.37. The molecule has 0 spiro atoms. The largest absolute Gasteiger partial charge is 0.369 e. The molecule has 1 heterocycles. The molecule has 0 radical (unpaired) electrons. The van der Waals surface area contributed by atoms with Gasteiger partial charge < -0.3 is 10.4 Å². The average molecular weight is 248 g/mol. The predicted molar refractivity (Wildman–Crippen MR) is 52.0 cm³/mol. The summed E-state index contributed by atoms with van der Waals surface area (Å²) in [7, 11) is 0. The predicted octanol–water partition coefficient (Wildman–Crippen LogP) is 2.24. The highest BCUT2D eigenvalue weighted by Gasteiger charge is 2.31. The van der Waals surface area contributed by atoms with Crippen LogP contribution >= 0.6 is 46.1 Å². The number of hydrogen-bond donors (Lipinski definition) is 2. The Kier molecular flexibility index (Phi) is 3.43. The van der Waals surface area contributed by atoms with Gasteiger partial charge in [0, 0.05) is 11.6 Å². The smallest absolute Gasteiger partial charge is 0.234 e. The zero-order chi connectivity index (χ0) is 9.19. The molecule has 0 saturated carbocycles. The quantitative estimate of drug-likeness (QED) is 0.622. The van der Waals surface area contributed by atoms with Gasteiger partial charge in [0.25, 0.3) is 0 Å². The van der Waals surface area contributed by atoms with E-state index in [0.29, 0.717) is 5.13 Å². The van der Waals surface area contributed by atoms with E-state index in [1.54, 1.807) is 11.6 Å². The molecule has 1 aromatic heterocycles. The lowest BCUT2D eigenvalue weighted by Gasteiger charge is -2.19. The van der Waals surface area contributed by atoms with Crippen molar-refractivity contribution in [3.05, 3.63) is 11.6 Å². The maximum absolute atomic E-state index is 9.22. The van der Waals surface area contributed by atoms with E-state index >= 15 is 0 Å². The van der Waals surface area contributed by atoms with E-state index in [1.807, 2.05) is 0 Å². The first kappa shape index (κ1) is 10.3. The third-order valence-electron chi connectivity index (χ3n) is 1.00. The molecule has 0 aromatic carbocycles. The number of anilines is 1. The maximum atomic E-state index is 9.22. The Morgan fingerprint density at radius 3 is 2.67 bits per heavy atom. The van der Waals surface area contributed by atoms with Gasteiger partial charge in [0.2, 0.25) is 3.79 Å². The van der Waals surface area contributed by atoms with Crippen molar-refractivity contribution >= 4 is 51.3 Å². The standard InChI is InChI=1S/C5H5Cl3N2OS/c6-5(7,8)3(11)10-4-9-1-2-12-4/h1-3,11H,(H,9,10)/t3-/m0/s1. The number of aromatic nitrogens is 1. The minimum atomic E-state index is -1.74. The molecule has 1 aromatic rings. The Hall–Kier alpha value is 0.260. The van der Waals surface area contributed by atoms with E-state index in [1.165, 1.54) is 11.3 Å². The van der Waals surface area contributed by atoms with Crippen LogP contribution in [-0.2, 0) is 0 Å². The molecule has 0 aliphatic carbocycles. The lowest BCUT2D eigenvalue weighted by Crippen LogP contribution is -2.33. The van der Waals surface area contributed by atoms with Crippen LogP contribution in [0.5, 0.6) is 0 Å². The molecule has 12 heavy (non-hydrogen) atoms. The number of alkyl halides is 3. The van der Waals surface area contributed by atoms with Crippen molar-refractivity contribution in [2.45, 2.75) is 10.0 Å². The molecule has 0 amide bonds. The van der Waals surface area contributed by atoms with E-state index in [0.717, 1.165) is 0 Å². The monoisotopic (exact) mass is 246 g/mol. The summed E-state index contributed by atoms with van der Waals surface area (Å²) in [6, 6.07) is 0. The fourth-order valence-corrected chi connectivity index (χ4v) is 1.21. The summed E-state index contributed by atoms with van der Waals surface area (Å²) in [5, 5.41) is 14.0. The van der Waals surface area contributed by atoms with Crippen molar-refractivity contribution in [1.82, 2.24) is 4.98 Å². The first-order chi connectivity index (χ1) is 5.50. The van der Waals surface area contributed by atoms with Gasteiger partial charge in [0.05, 0.1) is 0 Å². The third-order valence-corrected chi connectivity index (χ3v) is 2.33. The Morgan fingerprint density at radius 2 is 2.25 bits per heavy atom. The molecule has 0 fully saturated rings. The molecule has 68 valence electrons. The summed E-state index contributed by atoms with van der Waals surface area (Å²) in [6.45, 7) is 0. The van der Waals surface area contributed by atoms with Gasteiger partial charge in [0.15, 0.2) is 11.4 Å². The number of thiazole rings is 1. The second-order valence-electron chi connectivity index (χ2n) is 1.93. The van der Waals surface area contributed by atoms with Crippen LogP contribution < -0.4 is 5.32 Å². The van der Waals surface area contributed by atoms with Crippen LogP contribution in [0.3, 0.4) is 0 Å². The Labute approximate surface area is 88.3 Å². The van der Waals surface area contributed by atoms with Crippen molar-refractivity contribution in [2.24, 2.45) is 0 Å². The van der Waals surface area contributed by atoms with E-state index in [4.69, 9.17) is 34.8 Å². The van der Waals surface area contributed by atoms with Gasteiger partial charge in [0.1, 0.15) is 0 Å². The first-order valence-corrected chi connectivity index (χ1v) is 4.92. The second-order valence-corrected chi connectivity index (χ2v) is 5.19. The van der Waals surface area contributed by atoms with Crippen molar-refractivity contribution < 1.29 is 5.11 Å². The number of hydrogen-bond acceptors (Lipinski definition) is 4. The maximum Gasteiger partial charge on any atom is 0.234 e. The van der Waals surface area contributed by atoms with Crippen LogP contribution in [0.2, 0.25) is 0 Å². The van der Waals surface area contributed by atoms with Crippen molar-refractivity contribution in [3.63, 3.8) is 0 Å². The van der Waals surface area contributed by atoms with Crippen LogP contribution in [0.15, 0.2) is 11.6 Å². The van der Waals surface area contributed by atoms with Crippen molar-refractivity contribution in [2.75, 3.05) is 5.32 Å². The summed E-state index contributed by atoms with van der Waals surface area (Å²) < 4.78 is -1.74. The molecule has 2 N–H and O–H groups in total. The van der Waals surface area contributed by atoms with E-state index < -0.39 is 10.0 Å². The lowest BCUT2D eigenvalue weighted by atomic mass is 10.6. The van der Waals surface area contributed by atoms with E-state index in [2.05, 4.69) is 10.3 Å². The molecule has 0 aliphatic rings. The molecule has 0 saturated heterocycles. The molecule has 0 bridgehead atoms. The zero-order valence-corrected chi connectivity index (χ0v) is 8.75. The highest BCUT2D eigenvalue weighted by atomic mass is 35.6. The molecular formula is C5H5Cl3N2OS. The fraction of sp³-hybridized carbons (Fsp3) is 0.400. The molecule has 0 aliphatic heterocycles. The summed E-state index contributed by atoms with van der Waals surface area (Å²) >= 11 is 17.5. The number of rotatable bonds is 2. The minimum Gasteiger partial charge on any atom is -0.369 e. The molecule has 7 heteroatoms. The highest BCUT2D eigenvalue weighted by molar-refractivity contribution is 7.13.